The standard InChI is InChI=1S/C77H88N28O24/c78-73-98-57-53(65(114)102-73)90-41(29-86-57)25-82-37-9-1-33(2-10-37)61(110)94-45(69(118)119)17-21-49(106)126-77(127-50(107)22-18-46(70(120)121)95-62(111)34-3-11-38(12-4-34)83-26-42-30-87-58-54(91-42)66(115)103-74(79)99-58,128-51(108)23-19-47(71(122)123)96-63(112)35-5-13-39(14-6-35)84-27-43-31-88-59-55(92-43)67(116)104-75(80)100-59)129-52(109)24-20-48(72(124)125)97-64(113)36-7-15-40(16-8-36)85-28-44-32-89-60-56(93-44)68(117)105-76(81)101-60/h1-16,41-48,82-85,90-93H,17-32H2,(H,94,110)(H,95,111)(H,96,112)(H,97,113)(H,118,119)(H,120,121)(H,122,123)(H,124,125)(H4,78,86,98,102,114)(H4,79,87,99,103,115)(H4,80,88,100,104,116)(H4,81,89,101,105,117)/t41?,42?,43?,44?,45-,46-,47-,48-,77?/m0/s1. The van der Waals surface area contributed by atoms with Gasteiger partial charge in [0.25, 0.3) is 45.9 Å². The predicted octanol–water partition coefficient (Wildman–Crippen LogP) is -1.64. The second-order valence-corrected chi connectivity index (χ2v) is 29.4. The number of carboxylic acids is 4. The van der Waals surface area contributed by atoms with E-state index in [1.165, 1.54) is 97.1 Å². The summed E-state index contributed by atoms with van der Waals surface area (Å²) >= 11 is 0. The van der Waals surface area contributed by atoms with Crippen LogP contribution in [-0.4, -0.2) is 239 Å². The van der Waals surface area contributed by atoms with Gasteiger partial charge in [-0.3, -0.25) is 77.5 Å². The average Bonchev–Trinajstić information content (AvgIpc) is 0.822. The molecule has 8 heterocycles. The van der Waals surface area contributed by atoms with Crippen LogP contribution in [0.4, 0.5) is 92.6 Å². The number of amides is 4. The van der Waals surface area contributed by atoms with Crippen LogP contribution in [0, 0.1) is 0 Å². The molecular weight excluding hydrogens is 1700 g/mol. The van der Waals surface area contributed by atoms with E-state index in [2.05, 4.69) is 125 Å². The number of rotatable bonds is 40. The molecule has 0 fully saturated rings. The van der Waals surface area contributed by atoms with Crippen molar-refractivity contribution >= 4 is 164 Å². The number of aromatic amines is 4. The molecule has 4 aliphatic heterocycles. The molecule has 129 heavy (non-hydrogen) atoms. The maximum atomic E-state index is 14.4. The molecule has 0 saturated carbocycles. The van der Waals surface area contributed by atoms with E-state index in [1.54, 1.807) is 0 Å². The Labute approximate surface area is 724 Å². The monoisotopic (exact) mass is 1790 g/mol. The fourth-order valence-corrected chi connectivity index (χ4v) is 13.3. The van der Waals surface area contributed by atoms with Gasteiger partial charge in [0.15, 0.2) is 23.3 Å². The van der Waals surface area contributed by atoms with Crippen LogP contribution in [0.1, 0.15) is 92.8 Å². The van der Waals surface area contributed by atoms with Gasteiger partial charge < -0.3 is 147 Å². The number of esters is 4. The summed E-state index contributed by atoms with van der Waals surface area (Å²) in [5.41, 5.74) is 22.5. The topological polar surface area (TPSA) is 802 Å². The fourth-order valence-electron chi connectivity index (χ4n) is 13.3. The number of nitrogens with zero attached hydrogens (tertiary/aromatic N) is 4. The minimum absolute atomic E-state index is 0.0964. The van der Waals surface area contributed by atoms with E-state index in [1.807, 2.05) is 0 Å². The number of ether oxygens (including phenoxy) is 4. The largest absolute Gasteiger partial charge is 0.619 e. The van der Waals surface area contributed by atoms with E-state index < -0.39 is 175 Å². The predicted molar refractivity (Wildman–Crippen MR) is 460 cm³/mol. The summed E-state index contributed by atoms with van der Waals surface area (Å²) in [6.07, 6.45) is -12.7. The molecule has 8 atom stereocenters. The van der Waals surface area contributed by atoms with Crippen LogP contribution in [0.2, 0.25) is 0 Å². The number of aliphatic carboxylic acids is 4. The number of anilines is 16. The molecular formula is C77H88N28O24. The van der Waals surface area contributed by atoms with E-state index in [4.69, 9.17) is 41.9 Å². The summed E-state index contributed by atoms with van der Waals surface area (Å²) in [5, 5.41) is 87.5. The van der Waals surface area contributed by atoms with Crippen LogP contribution in [-0.2, 0) is 57.3 Å². The summed E-state index contributed by atoms with van der Waals surface area (Å²) in [6, 6.07) is 12.7. The summed E-state index contributed by atoms with van der Waals surface area (Å²) in [5.74, 6) is -17.6. The van der Waals surface area contributed by atoms with Crippen molar-refractivity contribution in [2.75, 3.05) is 139 Å². The first kappa shape index (κ1) is 91.1. The maximum Gasteiger partial charge on any atom is 0.619 e. The van der Waals surface area contributed by atoms with E-state index in [-0.39, 0.29) is 142 Å². The first-order valence-electron chi connectivity index (χ1n) is 39.6. The molecule has 0 spiro atoms. The quantitative estimate of drug-likeness (QED) is 0.0151. The van der Waals surface area contributed by atoms with Crippen LogP contribution in [0.25, 0.3) is 0 Å². The minimum atomic E-state index is -4.20. The molecule has 52 heteroatoms. The van der Waals surface area contributed by atoms with E-state index in [0.29, 0.717) is 48.9 Å². The number of nitrogens with one attached hydrogen (secondary N) is 20. The summed E-state index contributed by atoms with van der Waals surface area (Å²) < 4.78 is 21.6. The highest BCUT2D eigenvalue weighted by Crippen LogP contribution is 2.29. The van der Waals surface area contributed by atoms with Crippen molar-refractivity contribution in [1.82, 2.24) is 61.1 Å². The van der Waals surface area contributed by atoms with Gasteiger partial charge >= 0.3 is 53.9 Å². The molecule has 32 N–H and O–H groups in total. The lowest BCUT2D eigenvalue weighted by molar-refractivity contribution is -0.432. The second-order valence-electron chi connectivity index (χ2n) is 29.4. The average molecular weight is 1790 g/mol. The summed E-state index contributed by atoms with van der Waals surface area (Å²) in [6.45, 7) is 2.11. The lowest BCUT2D eigenvalue weighted by Crippen LogP contribution is -2.49. The molecule has 0 radical (unpaired) electrons. The van der Waals surface area contributed by atoms with Gasteiger partial charge in [0.05, 0.1) is 24.2 Å². The smallest absolute Gasteiger partial charge is 0.480 e. The molecule has 4 amide bonds. The lowest BCUT2D eigenvalue weighted by atomic mass is 10.1. The minimum Gasteiger partial charge on any atom is -0.480 e. The molecule has 4 aromatic carbocycles. The molecule has 4 aliphatic rings. The molecule has 4 unspecified atom stereocenters. The Kier molecular flexibility index (Phi) is 28.9. The zero-order valence-corrected chi connectivity index (χ0v) is 67.7. The Hall–Kier alpha value is -17.2. The Morgan fingerprint density at radius 3 is 0.713 bits per heavy atom. The number of H-pyrrole nitrogens is 4. The van der Waals surface area contributed by atoms with Gasteiger partial charge in [-0.2, -0.15) is 19.9 Å². The van der Waals surface area contributed by atoms with Gasteiger partial charge in [0.2, 0.25) is 23.8 Å². The van der Waals surface area contributed by atoms with Crippen molar-refractivity contribution in [2.24, 2.45) is 0 Å². The summed E-state index contributed by atoms with van der Waals surface area (Å²) in [4.78, 5) is 240. The first-order chi connectivity index (χ1) is 61.6. The van der Waals surface area contributed by atoms with Crippen LogP contribution < -0.4 is 130 Å². The normalized spacial score (nSPS) is 16.2. The number of aromatic nitrogens is 8. The van der Waals surface area contributed by atoms with Crippen molar-refractivity contribution < 1.29 is 96.9 Å². The molecule has 8 aromatic rings. The fraction of sp³-hybridized carbons (Fsp3) is 0.325. The van der Waals surface area contributed by atoms with Gasteiger partial charge in [-0.1, -0.05) is 0 Å². The second kappa shape index (κ2) is 40.9. The van der Waals surface area contributed by atoms with Crippen molar-refractivity contribution in [2.45, 2.75) is 106 Å². The van der Waals surface area contributed by atoms with Crippen LogP contribution >= 0.6 is 0 Å². The zero-order chi connectivity index (χ0) is 92.3. The summed E-state index contributed by atoms with van der Waals surface area (Å²) in [7, 11) is 0. The highest BCUT2D eigenvalue weighted by Gasteiger charge is 2.50. The third-order valence-electron chi connectivity index (χ3n) is 19.9. The highest BCUT2D eigenvalue weighted by molar-refractivity contribution is 6.00. The SMILES string of the molecule is Nc1nc2c(c(=O)[nH]1)NC(CNc1ccc(C(=O)N[C@@H](CCC(=O)OC(OC(=O)CC[C@H](NC(=O)c3ccc(NCC4CNc5nc(N)[nH]c(=O)c5N4)cc3)C(=O)O)(OC(=O)CC[C@H](NC(=O)c3ccc(NCC4CNc5nc(N)[nH]c(=O)c5N4)cc3)C(=O)O)OC(=O)CC[C@H](NC(=O)c3ccc(NCC4CNc5nc(N)[nH]c(=O)c5N4)cc3)C(=O)O)C(=O)O)cc1)CN2. The van der Waals surface area contributed by atoms with Crippen molar-refractivity contribution in [1.29, 1.82) is 0 Å². The Morgan fingerprint density at radius 1 is 0.333 bits per heavy atom. The number of fused-ring (bicyclic) bond motifs is 4. The Balaban J connectivity index is 0.748. The Bertz CT molecular complexity index is 5130. The van der Waals surface area contributed by atoms with Crippen LogP contribution in [0.5, 0.6) is 0 Å². The number of carboxylic acid groups (broad SMARTS) is 4. The van der Waals surface area contributed by atoms with Gasteiger partial charge in [0.1, 0.15) is 46.9 Å². The van der Waals surface area contributed by atoms with Crippen molar-refractivity contribution in [3.8, 4) is 0 Å². The first-order valence-corrected chi connectivity index (χ1v) is 39.6. The molecule has 4 aromatic heterocycles. The number of hydrogen-bond acceptors (Lipinski definition) is 40. The third kappa shape index (κ3) is 24.6. The number of nitrogens with two attached hydrogens (primary N) is 4. The van der Waals surface area contributed by atoms with E-state index >= 15 is 0 Å². The van der Waals surface area contributed by atoms with Crippen molar-refractivity contribution in [3.63, 3.8) is 0 Å². The number of benzene rings is 4. The van der Waals surface area contributed by atoms with Gasteiger partial charge in [0, 0.05) is 123 Å². The van der Waals surface area contributed by atoms with Gasteiger partial charge in [-0.25, -0.2) is 19.2 Å². The molecule has 52 nitrogen and oxygen atoms in total. The van der Waals surface area contributed by atoms with Crippen LogP contribution in [0.15, 0.2) is 116 Å². The van der Waals surface area contributed by atoms with Crippen LogP contribution in [0.3, 0.4) is 0 Å². The molecule has 12 rings (SSSR count). The lowest BCUT2D eigenvalue weighted by Gasteiger charge is -2.29. The number of carbonyl (C=O) groups excluding carboxylic acids is 8. The van der Waals surface area contributed by atoms with E-state index in [9.17, 15) is 97.1 Å². The number of carbonyl (C=O) groups is 12. The molecule has 0 saturated heterocycles. The highest BCUT2D eigenvalue weighted by atomic mass is 17.0. The zero-order valence-electron chi connectivity index (χ0n) is 67.7. The van der Waals surface area contributed by atoms with Gasteiger partial charge in [-0.05, 0) is 123 Å². The maximum absolute atomic E-state index is 14.4. The Morgan fingerprint density at radius 2 is 0.527 bits per heavy atom. The molecule has 0 aliphatic carbocycles. The third-order valence-corrected chi connectivity index (χ3v) is 19.9. The molecule has 680 valence electrons. The molecule has 0 bridgehead atoms. The van der Waals surface area contributed by atoms with E-state index in [0.717, 1.165) is 0 Å². The van der Waals surface area contributed by atoms with Gasteiger partial charge in [-0.15, -0.1) is 0 Å². The number of nitrogen functional groups attached to an aromatic ring is 4. The van der Waals surface area contributed by atoms with Crippen molar-refractivity contribution in [3.05, 3.63) is 161 Å². The number of hydrogen-bond donors (Lipinski definition) is 28.